The molecule has 0 saturated carbocycles. The van der Waals surface area contributed by atoms with Crippen molar-refractivity contribution in [1.29, 1.82) is 0 Å². The Kier molecular flexibility index (Phi) is 2.83. The van der Waals surface area contributed by atoms with Crippen LogP contribution in [0.1, 0.15) is 13.3 Å². The second kappa shape index (κ2) is 3.68. The smallest absolute Gasteiger partial charge is 0.151 e. The van der Waals surface area contributed by atoms with E-state index in [4.69, 9.17) is 4.74 Å². The molecule has 0 aromatic carbocycles. The first kappa shape index (κ1) is 7.69. The van der Waals surface area contributed by atoms with Crippen molar-refractivity contribution in [2.45, 2.75) is 19.4 Å². The predicted octanol–water partition coefficient (Wildman–Crippen LogP) is -0.0461. The number of carbonyl (C=O) groups excluding carboxylic acids is 1. The van der Waals surface area contributed by atoms with Crippen LogP contribution in [0.3, 0.4) is 0 Å². The van der Waals surface area contributed by atoms with Gasteiger partial charge in [-0.2, -0.15) is 0 Å². The predicted molar refractivity (Wildman–Crippen MR) is 37.9 cm³/mol. The molecular formula is C7H13NO2. The summed E-state index contributed by atoms with van der Waals surface area (Å²) in [5.74, 6) is 0.250. The number of morpholine rings is 1. The summed E-state index contributed by atoms with van der Waals surface area (Å²) in [7, 11) is 0. The third-order valence-electron chi connectivity index (χ3n) is 1.66. The van der Waals surface area contributed by atoms with Crippen LogP contribution in [0.2, 0.25) is 0 Å². The van der Waals surface area contributed by atoms with Gasteiger partial charge in [0.05, 0.1) is 19.3 Å². The fourth-order valence-corrected chi connectivity index (χ4v) is 1.02. The SMILES string of the molecule is CCC(=O)C1COCCN1. The summed E-state index contributed by atoms with van der Waals surface area (Å²) in [6.45, 7) is 3.95. The van der Waals surface area contributed by atoms with Crippen LogP contribution in [0.5, 0.6) is 0 Å². The molecule has 1 atom stereocenters. The molecule has 1 fully saturated rings. The molecule has 58 valence electrons. The number of carbonyl (C=O) groups is 1. The van der Waals surface area contributed by atoms with Crippen LogP contribution in [0.15, 0.2) is 0 Å². The number of Topliss-reactive ketones (excluding diaryl/α,β-unsaturated/α-hetero) is 1. The number of rotatable bonds is 2. The first-order chi connectivity index (χ1) is 4.84. The number of nitrogens with one attached hydrogen (secondary N) is 1. The number of ether oxygens (including phenoxy) is 1. The van der Waals surface area contributed by atoms with Crippen LogP contribution in [0.4, 0.5) is 0 Å². The summed E-state index contributed by atoms with van der Waals surface area (Å²) < 4.78 is 5.12. The molecule has 0 spiro atoms. The Bertz CT molecular complexity index is 119. The van der Waals surface area contributed by atoms with E-state index in [9.17, 15) is 4.79 Å². The number of hydrogen-bond acceptors (Lipinski definition) is 3. The maximum Gasteiger partial charge on any atom is 0.151 e. The molecule has 10 heavy (non-hydrogen) atoms. The lowest BCUT2D eigenvalue weighted by atomic mass is 10.1. The molecule has 1 rings (SSSR count). The van der Waals surface area contributed by atoms with E-state index in [0.717, 1.165) is 13.2 Å². The highest BCUT2D eigenvalue weighted by molar-refractivity contribution is 5.83. The van der Waals surface area contributed by atoms with Gasteiger partial charge in [-0.25, -0.2) is 0 Å². The van der Waals surface area contributed by atoms with E-state index in [0.29, 0.717) is 13.0 Å². The Labute approximate surface area is 60.7 Å². The molecule has 1 aliphatic rings. The Morgan fingerprint density at radius 1 is 1.80 bits per heavy atom. The summed E-state index contributed by atoms with van der Waals surface area (Å²) in [4.78, 5) is 11.0. The first-order valence-electron chi connectivity index (χ1n) is 3.68. The van der Waals surface area contributed by atoms with Gasteiger partial charge in [0.1, 0.15) is 0 Å². The van der Waals surface area contributed by atoms with Crippen molar-refractivity contribution < 1.29 is 9.53 Å². The molecule has 3 heteroatoms. The normalized spacial score (nSPS) is 26.3. The summed E-state index contributed by atoms with van der Waals surface area (Å²) in [5.41, 5.74) is 0. The Morgan fingerprint density at radius 3 is 3.10 bits per heavy atom. The summed E-state index contributed by atoms with van der Waals surface area (Å²) >= 11 is 0. The van der Waals surface area contributed by atoms with Gasteiger partial charge in [0.2, 0.25) is 0 Å². The van der Waals surface area contributed by atoms with Gasteiger partial charge < -0.3 is 10.1 Å². The van der Waals surface area contributed by atoms with E-state index in [-0.39, 0.29) is 11.8 Å². The quantitative estimate of drug-likeness (QED) is 0.589. The maximum atomic E-state index is 11.0. The number of hydrogen-bond donors (Lipinski definition) is 1. The zero-order valence-corrected chi connectivity index (χ0v) is 6.22. The minimum atomic E-state index is -0.0428. The van der Waals surface area contributed by atoms with E-state index in [2.05, 4.69) is 5.32 Å². The molecule has 1 unspecified atom stereocenters. The largest absolute Gasteiger partial charge is 0.378 e. The van der Waals surface area contributed by atoms with E-state index >= 15 is 0 Å². The van der Waals surface area contributed by atoms with Crippen molar-refractivity contribution in [1.82, 2.24) is 5.32 Å². The maximum absolute atomic E-state index is 11.0. The zero-order valence-electron chi connectivity index (χ0n) is 6.22. The van der Waals surface area contributed by atoms with Gasteiger partial charge in [0.15, 0.2) is 5.78 Å². The highest BCUT2D eigenvalue weighted by atomic mass is 16.5. The molecular weight excluding hydrogens is 130 g/mol. The fraction of sp³-hybridized carbons (Fsp3) is 0.857. The van der Waals surface area contributed by atoms with Crippen molar-refractivity contribution >= 4 is 5.78 Å². The molecule has 3 nitrogen and oxygen atoms in total. The van der Waals surface area contributed by atoms with E-state index in [1.54, 1.807) is 0 Å². The third-order valence-corrected chi connectivity index (χ3v) is 1.66. The Hall–Kier alpha value is -0.410. The molecule has 0 aromatic rings. The van der Waals surface area contributed by atoms with Gasteiger partial charge >= 0.3 is 0 Å². The molecule has 1 aliphatic heterocycles. The van der Waals surface area contributed by atoms with Gasteiger partial charge in [-0.15, -0.1) is 0 Å². The van der Waals surface area contributed by atoms with Gasteiger partial charge in [-0.05, 0) is 0 Å². The molecule has 0 radical (unpaired) electrons. The van der Waals surface area contributed by atoms with E-state index in [1.165, 1.54) is 0 Å². The van der Waals surface area contributed by atoms with Crippen molar-refractivity contribution in [3.05, 3.63) is 0 Å². The summed E-state index contributed by atoms with van der Waals surface area (Å²) in [5, 5.41) is 3.10. The molecule has 1 heterocycles. The van der Waals surface area contributed by atoms with Gasteiger partial charge in [-0.1, -0.05) is 6.92 Å². The molecule has 0 bridgehead atoms. The third kappa shape index (κ3) is 1.78. The van der Waals surface area contributed by atoms with Crippen LogP contribution in [-0.2, 0) is 9.53 Å². The van der Waals surface area contributed by atoms with Crippen molar-refractivity contribution in [2.75, 3.05) is 19.8 Å². The Balaban J connectivity index is 2.31. The molecule has 1 N–H and O–H groups in total. The molecule has 1 saturated heterocycles. The lowest BCUT2D eigenvalue weighted by Gasteiger charge is -2.21. The van der Waals surface area contributed by atoms with Gasteiger partial charge in [0, 0.05) is 13.0 Å². The Morgan fingerprint density at radius 2 is 2.60 bits per heavy atom. The standard InChI is InChI=1S/C7H13NO2/c1-2-7(9)6-5-10-4-3-8-6/h6,8H,2-5H2,1H3. The van der Waals surface area contributed by atoms with Crippen molar-refractivity contribution in [3.63, 3.8) is 0 Å². The second-order valence-electron chi connectivity index (χ2n) is 2.40. The van der Waals surface area contributed by atoms with E-state index < -0.39 is 0 Å². The minimum Gasteiger partial charge on any atom is -0.378 e. The average molecular weight is 143 g/mol. The highest BCUT2D eigenvalue weighted by Gasteiger charge is 2.18. The van der Waals surface area contributed by atoms with Crippen LogP contribution >= 0.6 is 0 Å². The lowest BCUT2D eigenvalue weighted by Crippen LogP contribution is -2.46. The zero-order chi connectivity index (χ0) is 7.40. The number of ketones is 1. The van der Waals surface area contributed by atoms with Crippen LogP contribution in [-0.4, -0.2) is 31.6 Å². The van der Waals surface area contributed by atoms with E-state index in [1.807, 2.05) is 6.92 Å². The van der Waals surface area contributed by atoms with Crippen LogP contribution < -0.4 is 5.32 Å². The van der Waals surface area contributed by atoms with Gasteiger partial charge in [-0.3, -0.25) is 4.79 Å². The first-order valence-corrected chi connectivity index (χ1v) is 3.68. The topological polar surface area (TPSA) is 38.3 Å². The highest BCUT2D eigenvalue weighted by Crippen LogP contribution is 1.96. The fourth-order valence-electron chi connectivity index (χ4n) is 1.02. The monoisotopic (exact) mass is 143 g/mol. The lowest BCUT2D eigenvalue weighted by molar-refractivity contribution is -0.123. The van der Waals surface area contributed by atoms with Gasteiger partial charge in [0.25, 0.3) is 0 Å². The molecule has 0 aromatic heterocycles. The van der Waals surface area contributed by atoms with Crippen molar-refractivity contribution in [3.8, 4) is 0 Å². The summed E-state index contributed by atoms with van der Waals surface area (Å²) in [6, 6.07) is -0.0428. The summed E-state index contributed by atoms with van der Waals surface area (Å²) in [6.07, 6.45) is 0.598. The van der Waals surface area contributed by atoms with Crippen LogP contribution in [0.25, 0.3) is 0 Å². The molecule has 0 aliphatic carbocycles. The second-order valence-corrected chi connectivity index (χ2v) is 2.40. The molecule has 0 amide bonds. The van der Waals surface area contributed by atoms with Crippen molar-refractivity contribution in [2.24, 2.45) is 0 Å². The van der Waals surface area contributed by atoms with Crippen LogP contribution in [0, 0.1) is 0 Å². The average Bonchev–Trinajstić information content (AvgIpc) is 2.05. The minimum absolute atomic E-state index is 0.0428.